The first kappa shape index (κ1) is 22.1. The third-order valence-electron chi connectivity index (χ3n) is 6.31. The van der Waals surface area contributed by atoms with Crippen LogP contribution in [-0.4, -0.2) is 32.6 Å². The number of methoxy groups -OCH3 is 1. The fourth-order valence-electron chi connectivity index (χ4n) is 4.63. The number of nitrogens with one attached hydrogen (secondary N) is 1. The molecule has 1 N–H and O–H groups in total. The summed E-state index contributed by atoms with van der Waals surface area (Å²) in [6, 6.07) is 9.88. The van der Waals surface area contributed by atoms with Gasteiger partial charge in [-0.25, -0.2) is 4.68 Å². The fourth-order valence-corrected chi connectivity index (χ4v) is 4.63. The summed E-state index contributed by atoms with van der Waals surface area (Å²) in [6.45, 7) is 11.0. The van der Waals surface area contributed by atoms with Crippen molar-refractivity contribution in [3.8, 4) is 11.4 Å². The number of amides is 1. The molecule has 0 radical (unpaired) electrons. The zero-order chi connectivity index (χ0) is 23.0. The molecule has 1 aromatic carbocycles. The molecule has 2 unspecified atom stereocenters. The molecule has 0 saturated heterocycles. The molecule has 4 rings (SSSR count). The number of carbonyl (C=O) groups excluding carboxylic acids is 1. The molecule has 1 aliphatic rings. The summed E-state index contributed by atoms with van der Waals surface area (Å²) in [6.07, 6.45) is 3.69. The Hall–Kier alpha value is -3.09. The molecule has 0 fully saturated rings. The lowest BCUT2D eigenvalue weighted by molar-refractivity contribution is -0.126. The summed E-state index contributed by atoms with van der Waals surface area (Å²) in [5.41, 5.74) is 5.35. The SMILES string of the molecule is COc1ccc(-n2ncc3c2CC(C)(C)CC3NC(=O)C(C)Cn2nc(C)cc2C)cc1. The van der Waals surface area contributed by atoms with Gasteiger partial charge in [0.2, 0.25) is 5.91 Å². The number of hydrogen-bond acceptors (Lipinski definition) is 4. The van der Waals surface area contributed by atoms with Gasteiger partial charge in [0.1, 0.15) is 5.75 Å². The Morgan fingerprint density at radius 2 is 2.00 bits per heavy atom. The molecule has 1 aliphatic carbocycles. The van der Waals surface area contributed by atoms with Crippen molar-refractivity contribution in [1.82, 2.24) is 24.9 Å². The van der Waals surface area contributed by atoms with Gasteiger partial charge in [-0.3, -0.25) is 9.48 Å². The van der Waals surface area contributed by atoms with E-state index in [2.05, 4.69) is 29.4 Å². The predicted molar refractivity (Wildman–Crippen MR) is 124 cm³/mol. The molecular formula is C25H33N5O2. The lowest BCUT2D eigenvalue weighted by Crippen LogP contribution is -2.39. The quantitative estimate of drug-likeness (QED) is 0.631. The summed E-state index contributed by atoms with van der Waals surface area (Å²) in [7, 11) is 1.66. The maximum Gasteiger partial charge on any atom is 0.225 e. The normalized spacial score (nSPS) is 18.1. The van der Waals surface area contributed by atoms with Gasteiger partial charge >= 0.3 is 0 Å². The summed E-state index contributed by atoms with van der Waals surface area (Å²) < 4.78 is 9.19. The highest BCUT2D eigenvalue weighted by Crippen LogP contribution is 2.41. The van der Waals surface area contributed by atoms with Crippen LogP contribution >= 0.6 is 0 Å². The Balaban J connectivity index is 1.56. The smallest absolute Gasteiger partial charge is 0.225 e. The molecular weight excluding hydrogens is 402 g/mol. The lowest BCUT2D eigenvalue weighted by atomic mass is 9.74. The largest absolute Gasteiger partial charge is 0.497 e. The molecule has 3 aromatic rings. The highest BCUT2D eigenvalue weighted by molar-refractivity contribution is 5.78. The highest BCUT2D eigenvalue weighted by Gasteiger charge is 2.36. The Labute approximate surface area is 189 Å². The first-order chi connectivity index (χ1) is 15.2. The van der Waals surface area contributed by atoms with Gasteiger partial charge in [0.05, 0.1) is 48.9 Å². The predicted octanol–water partition coefficient (Wildman–Crippen LogP) is 4.16. The minimum Gasteiger partial charge on any atom is -0.497 e. The summed E-state index contributed by atoms with van der Waals surface area (Å²) in [5, 5.41) is 12.5. The number of carbonyl (C=O) groups is 1. The minimum atomic E-state index is -0.182. The van der Waals surface area contributed by atoms with Crippen LogP contribution in [0.25, 0.3) is 5.69 Å². The van der Waals surface area contributed by atoms with E-state index in [1.165, 1.54) is 0 Å². The van der Waals surface area contributed by atoms with Gasteiger partial charge in [-0.2, -0.15) is 10.2 Å². The Morgan fingerprint density at radius 1 is 1.28 bits per heavy atom. The van der Waals surface area contributed by atoms with E-state index < -0.39 is 0 Å². The number of rotatable bonds is 6. The van der Waals surface area contributed by atoms with E-state index in [1.54, 1.807) is 7.11 Å². The summed E-state index contributed by atoms with van der Waals surface area (Å²) in [4.78, 5) is 13.1. The fraction of sp³-hybridized carbons (Fsp3) is 0.480. The first-order valence-corrected chi connectivity index (χ1v) is 11.2. The van der Waals surface area contributed by atoms with Crippen LogP contribution in [0.5, 0.6) is 5.75 Å². The summed E-state index contributed by atoms with van der Waals surface area (Å²) >= 11 is 0. The molecule has 2 aromatic heterocycles. The van der Waals surface area contributed by atoms with E-state index in [-0.39, 0.29) is 23.3 Å². The third-order valence-corrected chi connectivity index (χ3v) is 6.31. The van der Waals surface area contributed by atoms with Gasteiger partial charge in [0.15, 0.2) is 0 Å². The van der Waals surface area contributed by atoms with E-state index >= 15 is 0 Å². The van der Waals surface area contributed by atoms with E-state index in [0.717, 1.165) is 46.9 Å². The molecule has 170 valence electrons. The highest BCUT2D eigenvalue weighted by atomic mass is 16.5. The van der Waals surface area contributed by atoms with Crippen molar-refractivity contribution in [2.75, 3.05) is 7.11 Å². The average molecular weight is 436 g/mol. The Bertz CT molecular complexity index is 1110. The van der Waals surface area contributed by atoms with E-state index in [0.29, 0.717) is 6.54 Å². The molecule has 0 spiro atoms. The standard InChI is InChI=1S/C25H33N5O2/c1-16(15-29-18(3)11-17(2)28-29)24(31)27-22-12-25(4,5)13-23-21(22)14-26-30(23)19-7-9-20(32-6)10-8-19/h7-11,14,16,22H,12-13,15H2,1-6H3,(H,27,31). The molecule has 2 atom stereocenters. The van der Waals surface area contributed by atoms with Crippen molar-refractivity contribution in [3.63, 3.8) is 0 Å². The minimum absolute atomic E-state index is 0.0448. The van der Waals surface area contributed by atoms with Crippen LogP contribution in [-0.2, 0) is 17.8 Å². The first-order valence-electron chi connectivity index (χ1n) is 11.2. The maximum absolute atomic E-state index is 13.1. The van der Waals surface area contributed by atoms with Crippen molar-refractivity contribution < 1.29 is 9.53 Å². The van der Waals surface area contributed by atoms with Crippen LogP contribution in [0.3, 0.4) is 0 Å². The van der Waals surface area contributed by atoms with Crippen LogP contribution in [0.15, 0.2) is 36.5 Å². The molecule has 0 bridgehead atoms. The van der Waals surface area contributed by atoms with Gasteiger partial charge in [-0.1, -0.05) is 20.8 Å². The van der Waals surface area contributed by atoms with Crippen molar-refractivity contribution in [1.29, 1.82) is 0 Å². The van der Waals surface area contributed by atoms with Crippen LogP contribution < -0.4 is 10.1 Å². The zero-order valence-electron chi connectivity index (χ0n) is 19.8. The van der Waals surface area contributed by atoms with Crippen LogP contribution in [0.2, 0.25) is 0 Å². The van der Waals surface area contributed by atoms with Crippen LogP contribution in [0, 0.1) is 25.2 Å². The van der Waals surface area contributed by atoms with Crippen LogP contribution in [0.4, 0.5) is 0 Å². The van der Waals surface area contributed by atoms with Gasteiger partial charge < -0.3 is 10.1 Å². The summed E-state index contributed by atoms with van der Waals surface area (Å²) in [5.74, 6) is 0.679. The third kappa shape index (κ3) is 4.42. The Morgan fingerprint density at radius 3 is 2.62 bits per heavy atom. The van der Waals surface area contributed by atoms with Crippen molar-refractivity contribution >= 4 is 5.91 Å². The van der Waals surface area contributed by atoms with Gasteiger partial charge in [-0.15, -0.1) is 0 Å². The number of nitrogens with zero attached hydrogens (tertiary/aromatic N) is 4. The number of hydrogen-bond donors (Lipinski definition) is 1. The number of ether oxygens (including phenoxy) is 1. The number of fused-ring (bicyclic) bond motifs is 1. The molecule has 2 heterocycles. The second-order valence-electron chi connectivity index (χ2n) is 9.77. The molecule has 0 saturated carbocycles. The molecule has 32 heavy (non-hydrogen) atoms. The van der Waals surface area contributed by atoms with Gasteiger partial charge in [-0.05, 0) is 62.4 Å². The van der Waals surface area contributed by atoms with Gasteiger partial charge in [0.25, 0.3) is 0 Å². The Kier molecular flexibility index (Phi) is 5.84. The average Bonchev–Trinajstić information content (AvgIpc) is 3.29. The molecule has 7 heteroatoms. The van der Waals surface area contributed by atoms with Crippen molar-refractivity contribution in [2.45, 2.75) is 60.0 Å². The second-order valence-corrected chi connectivity index (χ2v) is 9.77. The number of benzene rings is 1. The number of aryl methyl sites for hydroxylation is 2. The maximum atomic E-state index is 13.1. The zero-order valence-corrected chi connectivity index (χ0v) is 19.8. The molecule has 1 amide bonds. The number of aromatic nitrogens is 4. The van der Waals surface area contributed by atoms with Crippen molar-refractivity contribution in [3.05, 3.63) is 59.2 Å². The molecule has 7 nitrogen and oxygen atoms in total. The lowest BCUT2D eigenvalue weighted by Gasteiger charge is -2.36. The van der Waals surface area contributed by atoms with Crippen molar-refractivity contribution in [2.24, 2.45) is 11.3 Å². The van der Waals surface area contributed by atoms with E-state index in [4.69, 9.17) is 4.74 Å². The second kappa shape index (κ2) is 8.45. The van der Waals surface area contributed by atoms with Crippen LogP contribution in [0.1, 0.15) is 55.9 Å². The monoisotopic (exact) mass is 435 g/mol. The molecule has 0 aliphatic heterocycles. The van der Waals surface area contributed by atoms with E-state index in [1.807, 2.05) is 66.7 Å². The van der Waals surface area contributed by atoms with Gasteiger partial charge in [0, 0.05) is 11.3 Å². The topological polar surface area (TPSA) is 74.0 Å². The van der Waals surface area contributed by atoms with E-state index in [9.17, 15) is 4.79 Å².